The molecule has 19 heavy (non-hydrogen) atoms. The van der Waals surface area contributed by atoms with Gasteiger partial charge in [0.15, 0.2) is 0 Å². The molecule has 0 aromatic heterocycles. The summed E-state index contributed by atoms with van der Waals surface area (Å²) >= 11 is 0. The van der Waals surface area contributed by atoms with Crippen molar-refractivity contribution in [2.75, 3.05) is 0 Å². The van der Waals surface area contributed by atoms with Crippen LogP contribution in [0.1, 0.15) is 38.2 Å². The molecule has 1 aromatic carbocycles. The molecular weight excluding hydrogens is 236 g/mol. The first kappa shape index (κ1) is 14.1. The lowest BCUT2D eigenvalue weighted by Gasteiger charge is -2.12. The lowest BCUT2D eigenvalue weighted by Crippen LogP contribution is -2.42. The van der Waals surface area contributed by atoms with Crippen molar-refractivity contribution in [2.24, 2.45) is 11.7 Å². The summed E-state index contributed by atoms with van der Waals surface area (Å²) in [6, 6.07) is 10.2. The second kappa shape index (κ2) is 6.71. The number of benzene rings is 1. The van der Waals surface area contributed by atoms with E-state index in [0.29, 0.717) is 18.4 Å². The zero-order valence-corrected chi connectivity index (χ0v) is 11.6. The molecule has 1 aliphatic rings. The summed E-state index contributed by atoms with van der Waals surface area (Å²) in [6.45, 7) is 2.18. The standard InChI is InChI=1S/C16H24N2O/c1-2-6-13-11-15(13)18-16(19)14(17)10-9-12-7-4-3-5-8-12/h3-5,7-8,13-15H,2,6,9-11,17H2,1H3,(H,18,19)/t13?,14-,15?/m0/s1. The number of rotatable bonds is 7. The van der Waals surface area contributed by atoms with E-state index in [4.69, 9.17) is 5.73 Å². The van der Waals surface area contributed by atoms with Gasteiger partial charge >= 0.3 is 0 Å². The third kappa shape index (κ3) is 4.35. The number of hydrogen-bond donors (Lipinski definition) is 2. The second-order valence-corrected chi connectivity index (χ2v) is 5.53. The third-order valence-electron chi connectivity index (χ3n) is 3.83. The smallest absolute Gasteiger partial charge is 0.237 e. The Kier molecular flexibility index (Phi) is 4.97. The van der Waals surface area contributed by atoms with Gasteiger partial charge < -0.3 is 11.1 Å². The maximum atomic E-state index is 11.9. The van der Waals surface area contributed by atoms with Crippen LogP contribution in [0.3, 0.4) is 0 Å². The lowest BCUT2D eigenvalue weighted by atomic mass is 10.1. The predicted octanol–water partition coefficient (Wildman–Crippen LogP) is 2.25. The van der Waals surface area contributed by atoms with Gasteiger partial charge in [-0.2, -0.15) is 0 Å². The number of carbonyl (C=O) groups is 1. The average Bonchev–Trinajstić information content (AvgIpc) is 3.15. The Hall–Kier alpha value is -1.35. The van der Waals surface area contributed by atoms with E-state index in [2.05, 4.69) is 24.4 Å². The minimum atomic E-state index is -0.386. The molecule has 1 saturated carbocycles. The van der Waals surface area contributed by atoms with Crippen molar-refractivity contribution < 1.29 is 4.79 Å². The van der Waals surface area contributed by atoms with Crippen LogP contribution in [0.2, 0.25) is 0 Å². The molecule has 0 spiro atoms. The van der Waals surface area contributed by atoms with Crippen LogP contribution in [0.25, 0.3) is 0 Å². The highest BCUT2D eigenvalue weighted by Crippen LogP contribution is 2.34. The van der Waals surface area contributed by atoms with Crippen LogP contribution >= 0.6 is 0 Å². The fourth-order valence-electron chi connectivity index (χ4n) is 2.50. The molecule has 3 nitrogen and oxygen atoms in total. The van der Waals surface area contributed by atoms with Crippen molar-refractivity contribution in [3.63, 3.8) is 0 Å². The van der Waals surface area contributed by atoms with E-state index >= 15 is 0 Å². The highest BCUT2D eigenvalue weighted by atomic mass is 16.2. The number of amides is 1. The van der Waals surface area contributed by atoms with Gasteiger partial charge in [-0.15, -0.1) is 0 Å². The number of carbonyl (C=O) groups excluding carboxylic acids is 1. The van der Waals surface area contributed by atoms with Crippen LogP contribution in [0.4, 0.5) is 0 Å². The quantitative estimate of drug-likeness (QED) is 0.790. The Morgan fingerprint density at radius 3 is 2.84 bits per heavy atom. The first-order valence-electron chi connectivity index (χ1n) is 7.30. The molecule has 0 heterocycles. The van der Waals surface area contributed by atoms with E-state index in [1.165, 1.54) is 18.4 Å². The second-order valence-electron chi connectivity index (χ2n) is 5.53. The minimum Gasteiger partial charge on any atom is -0.352 e. The Balaban J connectivity index is 1.68. The van der Waals surface area contributed by atoms with Crippen LogP contribution in [0.5, 0.6) is 0 Å². The molecule has 0 saturated heterocycles. The molecule has 2 unspecified atom stereocenters. The van der Waals surface area contributed by atoms with Gasteiger partial charge in [0.25, 0.3) is 0 Å². The molecule has 0 aliphatic heterocycles. The minimum absolute atomic E-state index is 0.0135. The molecule has 3 N–H and O–H groups in total. The van der Waals surface area contributed by atoms with Crippen LogP contribution in [-0.4, -0.2) is 18.0 Å². The summed E-state index contributed by atoms with van der Waals surface area (Å²) < 4.78 is 0. The Morgan fingerprint density at radius 1 is 1.42 bits per heavy atom. The lowest BCUT2D eigenvalue weighted by molar-refractivity contribution is -0.122. The highest BCUT2D eigenvalue weighted by Gasteiger charge is 2.37. The number of aryl methyl sites for hydroxylation is 1. The van der Waals surface area contributed by atoms with E-state index in [9.17, 15) is 4.79 Å². The molecule has 1 amide bonds. The van der Waals surface area contributed by atoms with E-state index in [1.807, 2.05) is 18.2 Å². The first-order valence-corrected chi connectivity index (χ1v) is 7.30. The molecule has 3 atom stereocenters. The van der Waals surface area contributed by atoms with Gasteiger partial charge in [-0.25, -0.2) is 0 Å². The van der Waals surface area contributed by atoms with Crippen molar-refractivity contribution in [3.05, 3.63) is 35.9 Å². The van der Waals surface area contributed by atoms with Gasteiger partial charge in [-0.3, -0.25) is 4.79 Å². The Morgan fingerprint density at radius 2 is 2.16 bits per heavy atom. The van der Waals surface area contributed by atoms with Gasteiger partial charge in [0, 0.05) is 6.04 Å². The number of nitrogens with one attached hydrogen (secondary N) is 1. The Bertz CT molecular complexity index is 404. The van der Waals surface area contributed by atoms with Gasteiger partial charge in [0.05, 0.1) is 6.04 Å². The summed E-state index contributed by atoms with van der Waals surface area (Å²) in [6.07, 6.45) is 5.10. The largest absolute Gasteiger partial charge is 0.352 e. The van der Waals surface area contributed by atoms with Gasteiger partial charge in [0.2, 0.25) is 5.91 Å². The van der Waals surface area contributed by atoms with Crippen molar-refractivity contribution in [1.82, 2.24) is 5.32 Å². The monoisotopic (exact) mass is 260 g/mol. The molecule has 0 radical (unpaired) electrons. The van der Waals surface area contributed by atoms with Crippen molar-refractivity contribution in [3.8, 4) is 0 Å². The molecule has 1 aromatic rings. The molecule has 1 aliphatic carbocycles. The van der Waals surface area contributed by atoms with Crippen LogP contribution < -0.4 is 11.1 Å². The van der Waals surface area contributed by atoms with Gasteiger partial charge in [0.1, 0.15) is 0 Å². The SMILES string of the molecule is CCCC1CC1NC(=O)[C@@H](N)CCc1ccccc1. The summed E-state index contributed by atoms with van der Waals surface area (Å²) in [5, 5.41) is 3.06. The summed E-state index contributed by atoms with van der Waals surface area (Å²) in [5.74, 6) is 0.704. The van der Waals surface area contributed by atoms with Crippen molar-refractivity contribution in [2.45, 2.75) is 51.1 Å². The van der Waals surface area contributed by atoms with E-state index in [-0.39, 0.29) is 11.9 Å². The molecule has 2 rings (SSSR count). The van der Waals surface area contributed by atoms with Crippen molar-refractivity contribution in [1.29, 1.82) is 0 Å². The van der Waals surface area contributed by atoms with Crippen molar-refractivity contribution >= 4 is 5.91 Å². The molecule has 0 bridgehead atoms. The summed E-state index contributed by atoms with van der Waals surface area (Å²) in [7, 11) is 0. The van der Waals surface area contributed by atoms with Crippen LogP contribution in [0.15, 0.2) is 30.3 Å². The highest BCUT2D eigenvalue weighted by molar-refractivity contribution is 5.82. The van der Waals surface area contributed by atoms with E-state index in [0.717, 1.165) is 12.8 Å². The fraction of sp³-hybridized carbons (Fsp3) is 0.562. The Labute approximate surface area is 115 Å². The predicted molar refractivity (Wildman–Crippen MR) is 77.7 cm³/mol. The maximum absolute atomic E-state index is 11.9. The van der Waals surface area contributed by atoms with Gasteiger partial charge in [-0.05, 0) is 37.2 Å². The van der Waals surface area contributed by atoms with E-state index in [1.54, 1.807) is 0 Å². The van der Waals surface area contributed by atoms with Crippen LogP contribution in [-0.2, 0) is 11.2 Å². The molecule has 104 valence electrons. The molecule has 3 heteroatoms. The fourth-order valence-corrected chi connectivity index (χ4v) is 2.50. The maximum Gasteiger partial charge on any atom is 0.237 e. The summed E-state index contributed by atoms with van der Waals surface area (Å²) in [4.78, 5) is 11.9. The number of nitrogens with two attached hydrogens (primary N) is 1. The average molecular weight is 260 g/mol. The molecule has 1 fully saturated rings. The molecular formula is C16H24N2O. The zero-order chi connectivity index (χ0) is 13.7. The number of hydrogen-bond acceptors (Lipinski definition) is 2. The first-order chi connectivity index (χ1) is 9.20. The third-order valence-corrected chi connectivity index (χ3v) is 3.83. The van der Waals surface area contributed by atoms with Crippen LogP contribution in [0, 0.1) is 5.92 Å². The summed E-state index contributed by atoms with van der Waals surface area (Å²) in [5.41, 5.74) is 7.19. The van der Waals surface area contributed by atoms with Gasteiger partial charge in [-0.1, -0.05) is 43.7 Å². The topological polar surface area (TPSA) is 55.1 Å². The zero-order valence-electron chi connectivity index (χ0n) is 11.6. The normalized spacial score (nSPS) is 22.8. The van der Waals surface area contributed by atoms with E-state index < -0.39 is 0 Å².